The van der Waals surface area contributed by atoms with Crippen LogP contribution in [0.2, 0.25) is 0 Å². The predicted molar refractivity (Wildman–Crippen MR) is 192 cm³/mol. The van der Waals surface area contributed by atoms with Gasteiger partial charge in [-0.1, -0.05) is 37.1 Å². The van der Waals surface area contributed by atoms with Gasteiger partial charge in [0, 0.05) is 83.1 Å². The third-order valence-corrected chi connectivity index (χ3v) is 10.2. The number of aromatic nitrogens is 3. The van der Waals surface area contributed by atoms with Gasteiger partial charge >= 0.3 is 0 Å². The molecule has 2 aromatic carbocycles. The van der Waals surface area contributed by atoms with E-state index in [1.807, 2.05) is 42.5 Å². The molecule has 0 spiro atoms. The number of amides is 3. The lowest BCUT2D eigenvalue weighted by molar-refractivity contribution is -0.134. The van der Waals surface area contributed by atoms with Crippen LogP contribution in [0.3, 0.4) is 0 Å². The van der Waals surface area contributed by atoms with Crippen LogP contribution in [0, 0.1) is 0 Å². The van der Waals surface area contributed by atoms with E-state index in [2.05, 4.69) is 42.1 Å². The molecule has 7 rings (SSSR count). The molecule has 12 nitrogen and oxygen atoms in total. The van der Waals surface area contributed by atoms with E-state index in [1.54, 1.807) is 25.2 Å². The van der Waals surface area contributed by atoms with E-state index in [-0.39, 0.29) is 29.7 Å². The number of piperidine rings is 1. The van der Waals surface area contributed by atoms with E-state index in [9.17, 15) is 14.4 Å². The summed E-state index contributed by atoms with van der Waals surface area (Å²) in [4.78, 5) is 52.6. The molecule has 2 aliphatic heterocycles. The van der Waals surface area contributed by atoms with Gasteiger partial charge in [-0.15, -0.1) is 0 Å². The van der Waals surface area contributed by atoms with Gasteiger partial charge in [0.2, 0.25) is 17.8 Å². The SMILES string of the molecule is CN(C)C(=O)c1cc2cnc(Nc3ccc(OCCN4CCN(Cc5ccc(C6CCC(=O)NC6=O)cc5)CC4)cc3)nc2n1C1CCCC1. The van der Waals surface area contributed by atoms with Gasteiger partial charge in [-0.25, -0.2) is 4.98 Å². The van der Waals surface area contributed by atoms with Gasteiger partial charge in [0.1, 0.15) is 23.7 Å². The molecule has 3 fully saturated rings. The topological polar surface area (TPSA) is 125 Å². The fourth-order valence-electron chi connectivity index (χ4n) is 7.35. The van der Waals surface area contributed by atoms with Gasteiger partial charge in [0.15, 0.2) is 0 Å². The standard InChI is InChI=1S/C38H46N8O4/c1-43(2)37(49)33-23-28-24-39-38(42-35(28)46(33)30-5-3-4-6-30)40-29-11-13-31(14-12-29)50-22-21-44-17-19-45(20-18-44)25-26-7-9-27(10-8-26)32-15-16-34(47)41-36(32)48/h7-14,23-24,30,32H,3-6,15-22,25H2,1-2H3,(H,39,40,42)(H,41,47,48). The maximum absolute atomic E-state index is 13.0. The van der Waals surface area contributed by atoms with E-state index in [4.69, 9.17) is 9.72 Å². The molecule has 1 atom stereocenters. The Morgan fingerprint density at radius 2 is 1.68 bits per heavy atom. The molecule has 12 heteroatoms. The number of ether oxygens (including phenoxy) is 1. The normalized spacial score (nSPS) is 19.1. The maximum atomic E-state index is 13.0. The molecule has 1 aliphatic carbocycles. The Labute approximate surface area is 292 Å². The van der Waals surface area contributed by atoms with E-state index in [0.717, 1.165) is 93.0 Å². The van der Waals surface area contributed by atoms with Crippen molar-refractivity contribution in [3.63, 3.8) is 0 Å². The highest BCUT2D eigenvalue weighted by Crippen LogP contribution is 2.35. The van der Waals surface area contributed by atoms with Crippen LogP contribution in [0.15, 0.2) is 60.8 Å². The fraction of sp³-hybridized carbons (Fsp3) is 0.447. The quantitative estimate of drug-likeness (QED) is 0.217. The molecule has 4 heterocycles. The number of rotatable bonds is 11. The first kappa shape index (κ1) is 33.7. The molecule has 1 unspecified atom stereocenters. The minimum absolute atomic E-state index is 0.0185. The van der Waals surface area contributed by atoms with Crippen LogP contribution in [0.4, 0.5) is 11.6 Å². The molecule has 50 heavy (non-hydrogen) atoms. The summed E-state index contributed by atoms with van der Waals surface area (Å²) in [6.45, 7) is 6.30. The Morgan fingerprint density at radius 3 is 2.38 bits per heavy atom. The molecular weight excluding hydrogens is 632 g/mol. The minimum atomic E-state index is -0.242. The number of imide groups is 1. The van der Waals surface area contributed by atoms with Crippen molar-refractivity contribution in [3.05, 3.63) is 77.6 Å². The zero-order valence-electron chi connectivity index (χ0n) is 28.9. The number of hydrogen-bond donors (Lipinski definition) is 2. The molecule has 1 saturated carbocycles. The van der Waals surface area contributed by atoms with E-state index >= 15 is 0 Å². The van der Waals surface area contributed by atoms with Crippen LogP contribution in [0.1, 0.15) is 72.1 Å². The summed E-state index contributed by atoms with van der Waals surface area (Å²) in [6, 6.07) is 18.3. The van der Waals surface area contributed by atoms with Crippen molar-refractivity contribution >= 4 is 40.4 Å². The van der Waals surface area contributed by atoms with Crippen LogP contribution >= 0.6 is 0 Å². The summed E-state index contributed by atoms with van der Waals surface area (Å²) < 4.78 is 8.21. The first-order valence-electron chi connectivity index (χ1n) is 17.8. The average Bonchev–Trinajstić information content (AvgIpc) is 3.78. The van der Waals surface area contributed by atoms with Crippen molar-refractivity contribution in [2.24, 2.45) is 0 Å². The van der Waals surface area contributed by atoms with Crippen LogP contribution in [0.25, 0.3) is 11.0 Å². The highest BCUT2D eigenvalue weighted by Gasteiger charge is 2.28. The van der Waals surface area contributed by atoms with E-state index < -0.39 is 0 Å². The van der Waals surface area contributed by atoms with E-state index in [0.29, 0.717) is 31.1 Å². The van der Waals surface area contributed by atoms with Gasteiger partial charge in [0.05, 0.1) is 5.92 Å². The largest absolute Gasteiger partial charge is 0.492 e. The van der Waals surface area contributed by atoms with Crippen LogP contribution in [-0.4, -0.2) is 100 Å². The number of carbonyl (C=O) groups is 3. The number of carbonyl (C=O) groups excluding carboxylic acids is 3. The highest BCUT2D eigenvalue weighted by atomic mass is 16.5. The molecule has 2 saturated heterocycles. The molecule has 3 aliphatic rings. The van der Waals surface area contributed by atoms with Crippen molar-refractivity contribution in [1.82, 2.24) is 34.6 Å². The highest BCUT2D eigenvalue weighted by molar-refractivity contribution is 6.01. The number of fused-ring (bicyclic) bond motifs is 1. The predicted octanol–water partition coefficient (Wildman–Crippen LogP) is 4.71. The summed E-state index contributed by atoms with van der Waals surface area (Å²) in [5.41, 5.74) is 4.53. The minimum Gasteiger partial charge on any atom is -0.492 e. The second-order valence-electron chi connectivity index (χ2n) is 13.9. The number of benzene rings is 2. The van der Waals surface area contributed by atoms with Gasteiger partial charge in [-0.05, 0) is 60.7 Å². The second-order valence-corrected chi connectivity index (χ2v) is 13.9. The van der Waals surface area contributed by atoms with Crippen molar-refractivity contribution in [2.45, 2.75) is 57.0 Å². The lowest BCUT2D eigenvalue weighted by Gasteiger charge is -2.34. The molecule has 0 radical (unpaired) electrons. The van der Waals surface area contributed by atoms with E-state index in [1.165, 1.54) is 5.56 Å². The van der Waals surface area contributed by atoms with Crippen molar-refractivity contribution in [1.29, 1.82) is 0 Å². The zero-order valence-corrected chi connectivity index (χ0v) is 28.9. The summed E-state index contributed by atoms with van der Waals surface area (Å²) in [5, 5.41) is 6.65. The van der Waals surface area contributed by atoms with Crippen molar-refractivity contribution in [3.8, 4) is 5.75 Å². The summed E-state index contributed by atoms with van der Waals surface area (Å²) >= 11 is 0. The first-order chi connectivity index (χ1) is 24.3. The first-order valence-corrected chi connectivity index (χ1v) is 17.8. The number of anilines is 2. The molecule has 2 N–H and O–H groups in total. The Morgan fingerprint density at radius 1 is 0.960 bits per heavy atom. The van der Waals surface area contributed by atoms with Crippen LogP contribution in [-0.2, 0) is 16.1 Å². The molecule has 0 bridgehead atoms. The van der Waals surface area contributed by atoms with Gasteiger partial charge in [-0.2, -0.15) is 4.98 Å². The summed E-state index contributed by atoms with van der Waals surface area (Å²) in [6.07, 6.45) is 7.18. The Bertz CT molecular complexity index is 1820. The second kappa shape index (κ2) is 15.0. The molecule has 262 valence electrons. The van der Waals surface area contributed by atoms with Crippen molar-refractivity contribution in [2.75, 3.05) is 58.7 Å². The Hall–Kier alpha value is -4.81. The zero-order chi connectivity index (χ0) is 34.6. The number of piperazine rings is 1. The monoisotopic (exact) mass is 678 g/mol. The number of nitrogens with one attached hydrogen (secondary N) is 2. The van der Waals surface area contributed by atoms with Gasteiger partial charge in [0.25, 0.3) is 5.91 Å². The number of nitrogens with zero attached hydrogens (tertiary/aromatic N) is 6. The van der Waals surface area contributed by atoms with Crippen molar-refractivity contribution < 1.29 is 19.1 Å². The lowest BCUT2D eigenvalue weighted by Crippen LogP contribution is -2.47. The lowest BCUT2D eigenvalue weighted by atomic mass is 9.90. The third kappa shape index (κ3) is 7.66. The van der Waals surface area contributed by atoms with Gasteiger partial charge in [-0.3, -0.25) is 29.5 Å². The fourth-order valence-corrected chi connectivity index (χ4v) is 7.35. The van der Waals surface area contributed by atoms with Crippen LogP contribution in [0.5, 0.6) is 5.75 Å². The average molecular weight is 679 g/mol. The molecule has 4 aromatic rings. The molecule has 3 amide bonds. The smallest absolute Gasteiger partial charge is 0.270 e. The Kier molecular flexibility index (Phi) is 10.1. The molecular formula is C38H46N8O4. The van der Waals surface area contributed by atoms with Gasteiger partial charge < -0.3 is 19.5 Å². The maximum Gasteiger partial charge on any atom is 0.270 e. The number of hydrogen-bond acceptors (Lipinski definition) is 9. The third-order valence-electron chi connectivity index (χ3n) is 10.2. The summed E-state index contributed by atoms with van der Waals surface area (Å²) in [7, 11) is 3.56. The van der Waals surface area contributed by atoms with Crippen LogP contribution < -0.4 is 15.4 Å². The molecule has 2 aromatic heterocycles. The Balaban J connectivity index is 0.868. The summed E-state index contributed by atoms with van der Waals surface area (Å²) in [5.74, 6) is 0.675.